The Balaban J connectivity index is 1.67. The van der Waals surface area contributed by atoms with E-state index >= 15 is 0 Å². The van der Waals surface area contributed by atoms with Gasteiger partial charge in [0, 0.05) is 12.6 Å². The molecule has 6 heteroatoms. The number of hydrogen-bond acceptors (Lipinski definition) is 3. The molecule has 0 aliphatic carbocycles. The number of sulfonamides is 1. The summed E-state index contributed by atoms with van der Waals surface area (Å²) in [6.45, 7) is 2.22. The monoisotopic (exact) mass is 329 g/mol. The summed E-state index contributed by atoms with van der Waals surface area (Å²) < 4.78 is 29.2. The summed E-state index contributed by atoms with van der Waals surface area (Å²) in [7, 11) is -3.37. The molecule has 0 spiro atoms. The molecule has 2 aromatic carbocycles. The smallest absolute Gasteiger partial charge is 0.213 e. The number of nitrogens with one attached hydrogen (secondary N) is 1. The molecule has 0 radical (unpaired) electrons. The molecule has 1 heterocycles. The van der Waals surface area contributed by atoms with Gasteiger partial charge in [-0.15, -0.1) is 0 Å². The van der Waals surface area contributed by atoms with Gasteiger partial charge in [0.1, 0.15) is 0 Å². The van der Waals surface area contributed by atoms with Crippen molar-refractivity contribution in [1.82, 2.24) is 14.3 Å². The summed E-state index contributed by atoms with van der Waals surface area (Å²) in [4.78, 5) is 4.28. The molecule has 0 bridgehead atoms. The lowest BCUT2D eigenvalue weighted by Gasteiger charge is -2.15. The predicted octanol–water partition coefficient (Wildman–Crippen LogP) is 2.72. The molecule has 0 fully saturated rings. The van der Waals surface area contributed by atoms with E-state index in [1.54, 1.807) is 6.33 Å². The van der Waals surface area contributed by atoms with Crippen molar-refractivity contribution in [3.8, 4) is 0 Å². The van der Waals surface area contributed by atoms with Crippen LogP contribution in [-0.2, 0) is 16.6 Å². The van der Waals surface area contributed by atoms with Gasteiger partial charge in [-0.05, 0) is 24.6 Å². The van der Waals surface area contributed by atoms with Crippen molar-refractivity contribution in [3.05, 3.63) is 66.5 Å². The zero-order valence-corrected chi connectivity index (χ0v) is 13.7. The van der Waals surface area contributed by atoms with Gasteiger partial charge in [-0.1, -0.05) is 42.5 Å². The third-order valence-electron chi connectivity index (χ3n) is 3.78. The number of aryl methyl sites for hydroxylation is 1. The molecule has 120 valence electrons. The van der Waals surface area contributed by atoms with Crippen molar-refractivity contribution in [2.45, 2.75) is 19.5 Å². The van der Waals surface area contributed by atoms with E-state index in [1.165, 1.54) is 0 Å². The molecule has 1 atom stereocenters. The number of hydrogen-bond donors (Lipinski definition) is 1. The highest BCUT2D eigenvalue weighted by atomic mass is 32.2. The van der Waals surface area contributed by atoms with Crippen LogP contribution in [-0.4, -0.2) is 23.7 Å². The minimum absolute atomic E-state index is 0.0184. The van der Waals surface area contributed by atoms with Gasteiger partial charge in [-0.25, -0.2) is 18.1 Å². The van der Waals surface area contributed by atoms with Crippen LogP contribution >= 0.6 is 0 Å². The second-order valence-corrected chi connectivity index (χ2v) is 7.37. The fraction of sp³-hybridized carbons (Fsp3) is 0.235. The molecule has 1 aromatic heterocycles. The van der Waals surface area contributed by atoms with Gasteiger partial charge in [-0.2, -0.15) is 0 Å². The van der Waals surface area contributed by atoms with Gasteiger partial charge in [0.15, 0.2) is 0 Å². The number of imidazole rings is 1. The Morgan fingerprint density at radius 2 is 1.78 bits per heavy atom. The molecule has 0 aliphatic rings. The largest absolute Gasteiger partial charge is 0.330 e. The summed E-state index contributed by atoms with van der Waals surface area (Å²) in [6.07, 6.45) is 1.68. The van der Waals surface area contributed by atoms with Gasteiger partial charge >= 0.3 is 0 Å². The average Bonchev–Trinajstić information content (AvgIpc) is 2.97. The van der Waals surface area contributed by atoms with Crippen LogP contribution in [0.5, 0.6) is 0 Å². The van der Waals surface area contributed by atoms with Crippen LogP contribution < -0.4 is 4.72 Å². The number of benzene rings is 2. The predicted molar refractivity (Wildman–Crippen MR) is 91.5 cm³/mol. The summed E-state index contributed by atoms with van der Waals surface area (Å²) >= 11 is 0. The van der Waals surface area contributed by atoms with E-state index < -0.39 is 10.0 Å². The van der Waals surface area contributed by atoms with Crippen LogP contribution in [0.25, 0.3) is 11.0 Å². The molecule has 0 saturated carbocycles. The zero-order chi connectivity index (χ0) is 16.3. The van der Waals surface area contributed by atoms with Gasteiger partial charge in [0.25, 0.3) is 0 Å². The number of aromatic nitrogens is 2. The Hall–Kier alpha value is -2.18. The Kier molecular flexibility index (Phi) is 4.45. The number of para-hydroxylation sites is 2. The first-order valence-electron chi connectivity index (χ1n) is 7.50. The minimum Gasteiger partial charge on any atom is -0.330 e. The van der Waals surface area contributed by atoms with E-state index in [-0.39, 0.29) is 11.8 Å². The molecule has 3 aromatic rings. The molecule has 5 nitrogen and oxygen atoms in total. The van der Waals surface area contributed by atoms with Crippen LogP contribution in [0.1, 0.15) is 18.5 Å². The topological polar surface area (TPSA) is 64.0 Å². The van der Waals surface area contributed by atoms with Crippen LogP contribution in [0.4, 0.5) is 0 Å². The molecular weight excluding hydrogens is 310 g/mol. The molecular formula is C17H19N3O2S. The SMILES string of the molecule is CC(NS(=O)(=O)CCn1cnc2ccccc21)c1ccccc1. The minimum atomic E-state index is -3.37. The normalized spacial score (nSPS) is 13.3. The highest BCUT2D eigenvalue weighted by Gasteiger charge is 2.16. The van der Waals surface area contributed by atoms with Gasteiger partial charge in [0.05, 0.1) is 23.1 Å². The van der Waals surface area contributed by atoms with Crippen molar-refractivity contribution in [2.75, 3.05) is 5.75 Å². The van der Waals surface area contributed by atoms with Crippen LogP contribution in [0.2, 0.25) is 0 Å². The van der Waals surface area contributed by atoms with Crippen molar-refractivity contribution in [3.63, 3.8) is 0 Å². The van der Waals surface area contributed by atoms with Crippen LogP contribution in [0.15, 0.2) is 60.9 Å². The van der Waals surface area contributed by atoms with E-state index in [0.29, 0.717) is 6.54 Å². The second-order valence-electron chi connectivity index (χ2n) is 5.50. The standard InChI is InChI=1S/C17H19N3O2S/c1-14(15-7-3-2-4-8-15)19-23(21,22)12-11-20-13-18-16-9-5-6-10-17(16)20/h2-10,13-14,19H,11-12H2,1H3. The third kappa shape index (κ3) is 3.78. The van der Waals surface area contributed by atoms with Crippen molar-refractivity contribution >= 4 is 21.1 Å². The fourth-order valence-electron chi connectivity index (χ4n) is 2.55. The molecule has 3 rings (SSSR count). The maximum absolute atomic E-state index is 12.3. The highest BCUT2D eigenvalue weighted by Crippen LogP contribution is 2.14. The lowest BCUT2D eigenvalue weighted by Crippen LogP contribution is -2.30. The lowest BCUT2D eigenvalue weighted by molar-refractivity contribution is 0.561. The van der Waals surface area contributed by atoms with E-state index in [0.717, 1.165) is 16.6 Å². The van der Waals surface area contributed by atoms with E-state index in [4.69, 9.17) is 0 Å². The van der Waals surface area contributed by atoms with Crippen molar-refractivity contribution in [2.24, 2.45) is 0 Å². The van der Waals surface area contributed by atoms with Crippen molar-refractivity contribution in [1.29, 1.82) is 0 Å². The maximum Gasteiger partial charge on any atom is 0.213 e. The first-order valence-corrected chi connectivity index (χ1v) is 9.15. The average molecular weight is 329 g/mol. The van der Waals surface area contributed by atoms with Crippen molar-refractivity contribution < 1.29 is 8.42 Å². The summed E-state index contributed by atoms with van der Waals surface area (Å²) in [5.41, 5.74) is 2.76. The summed E-state index contributed by atoms with van der Waals surface area (Å²) in [5, 5.41) is 0. The second kappa shape index (κ2) is 6.52. The molecule has 1 unspecified atom stereocenters. The molecule has 0 aliphatic heterocycles. The Bertz CT molecular complexity index is 888. The number of rotatable bonds is 6. The fourth-order valence-corrected chi connectivity index (χ4v) is 3.77. The lowest BCUT2D eigenvalue weighted by atomic mass is 10.1. The molecule has 23 heavy (non-hydrogen) atoms. The van der Waals surface area contributed by atoms with Gasteiger partial charge in [0.2, 0.25) is 10.0 Å². The highest BCUT2D eigenvalue weighted by molar-refractivity contribution is 7.89. The first kappa shape index (κ1) is 15.7. The number of fused-ring (bicyclic) bond motifs is 1. The van der Waals surface area contributed by atoms with E-state index in [2.05, 4.69) is 9.71 Å². The summed E-state index contributed by atoms with van der Waals surface area (Å²) in [5.74, 6) is 0.0184. The zero-order valence-electron chi connectivity index (χ0n) is 12.9. The Morgan fingerprint density at radius 3 is 2.57 bits per heavy atom. The quantitative estimate of drug-likeness (QED) is 0.756. The number of nitrogens with zero attached hydrogens (tertiary/aromatic N) is 2. The molecule has 0 amide bonds. The van der Waals surface area contributed by atoms with Crippen LogP contribution in [0, 0.1) is 0 Å². The molecule has 1 N–H and O–H groups in total. The summed E-state index contributed by atoms with van der Waals surface area (Å²) in [6, 6.07) is 17.0. The van der Waals surface area contributed by atoms with Crippen LogP contribution in [0.3, 0.4) is 0 Å². The maximum atomic E-state index is 12.3. The Morgan fingerprint density at radius 1 is 1.09 bits per heavy atom. The first-order chi connectivity index (χ1) is 11.1. The van der Waals surface area contributed by atoms with Gasteiger partial charge < -0.3 is 4.57 Å². The van der Waals surface area contributed by atoms with E-state index in [9.17, 15) is 8.42 Å². The third-order valence-corrected chi connectivity index (χ3v) is 5.22. The van der Waals surface area contributed by atoms with Gasteiger partial charge in [-0.3, -0.25) is 0 Å². The Labute approximate surface area is 136 Å². The van der Waals surface area contributed by atoms with E-state index in [1.807, 2.05) is 66.1 Å². The molecule has 0 saturated heterocycles.